The van der Waals surface area contributed by atoms with Crippen LogP contribution in [0.2, 0.25) is 5.02 Å². The van der Waals surface area contributed by atoms with Crippen LogP contribution in [0.5, 0.6) is 0 Å². The van der Waals surface area contributed by atoms with Gasteiger partial charge in [0, 0.05) is 5.69 Å². The van der Waals surface area contributed by atoms with Crippen molar-refractivity contribution in [1.82, 2.24) is 5.32 Å². The molecule has 0 fully saturated rings. The van der Waals surface area contributed by atoms with E-state index in [1.807, 2.05) is 5.32 Å². The summed E-state index contributed by atoms with van der Waals surface area (Å²) in [4.78, 5) is 11.4. The van der Waals surface area contributed by atoms with Crippen LogP contribution in [0.1, 0.15) is 5.56 Å². The normalized spacial score (nSPS) is 10.8. The number of urea groups is 1. The van der Waals surface area contributed by atoms with Gasteiger partial charge in [-0.1, -0.05) is 24.8 Å². The zero-order chi connectivity index (χ0) is 15.5. The smallest absolute Gasteiger partial charge is 0.308 e. The van der Waals surface area contributed by atoms with Crippen LogP contribution < -0.4 is 10.6 Å². The molecule has 1 aromatic rings. The van der Waals surface area contributed by atoms with Crippen LogP contribution in [-0.4, -0.2) is 6.03 Å². The molecule has 0 aromatic heterocycles. The summed E-state index contributed by atoms with van der Waals surface area (Å²) in [5, 5.41) is 3.56. The molecule has 0 aliphatic carbocycles. The highest BCUT2D eigenvalue weighted by Crippen LogP contribution is 2.36. The zero-order valence-electron chi connectivity index (χ0n) is 9.94. The van der Waals surface area contributed by atoms with Crippen LogP contribution >= 0.6 is 11.6 Å². The highest BCUT2D eigenvalue weighted by atomic mass is 35.5. The monoisotopic (exact) mass is 308 g/mol. The molecule has 0 heterocycles. The summed E-state index contributed by atoms with van der Waals surface area (Å²) >= 11 is 5.42. The van der Waals surface area contributed by atoms with Crippen molar-refractivity contribution in [2.45, 2.75) is 6.18 Å². The van der Waals surface area contributed by atoms with Crippen LogP contribution in [0.15, 0.2) is 42.9 Å². The number of allylic oxidation sites excluding steroid dienone is 1. The summed E-state index contributed by atoms with van der Waals surface area (Å²) in [7, 11) is 0. The second kappa shape index (κ2) is 5.96. The number of anilines is 1. The molecule has 2 N–H and O–H groups in total. The summed E-state index contributed by atoms with van der Waals surface area (Å²) in [6.45, 7) is 6.06. The number of nitrogens with one attached hydrogen (secondary N) is 2. The molecule has 0 saturated heterocycles. The Labute approximate surface area is 116 Å². The molecule has 0 bridgehead atoms. The molecule has 1 rings (SSSR count). The first-order chi connectivity index (χ1) is 9.11. The molecule has 20 heavy (non-hydrogen) atoms. The number of hydrogen-bond acceptors (Lipinski definition) is 1. The minimum absolute atomic E-state index is 0.156. The van der Waals surface area contributed by atoms with Gasteiger partial charge in [0.15, 0.2) is 0 Å². The lowest BCUT2D eigenvalue weighted by Crippen LogP contribution is -2.28. The van der Waals surface area contributed by atoms with Gasteiger partial charge < -0.3 is 10.6 Å². The SMILES string of the molecule is C=C(F)C(=C)NC(=O)Nc1ccc(Cl)c(C(F)(F)F)c1. The number of carbonyl (C=O) groups excluding carboxylic acids is 1. The Morgan fingerprint density at radius 3 is 2.35 bits per heavy atom. The fourth-order valence-electron chi connectivity index (χ4n) is 1.19. The Kier molecular flexibility index (Phi) is 4.78. The van der Waals surface area contributed by atoms with E-state index in [1.54, 1.807) is 0 Å². The Morgan fingerprint density at radius 1 is 1.25 bits per heavy atom. The lowest BCUT2D eigenvalue weighted by Gasteiger charge is -2.12. The molecular weight excluding hydrogens is 300 g/mol. The van der Waals surface area contributed by atoms with E-state index in [0.29, 0.717) is 6.07 Å². The van der Waals surface area contributed by atoms with Crippen LogP contribution in [0.25, 0.3) is 0 Å². The maximum atomic E-state index is 12.6. The largest absolute Gasteiger partial charge is 0.417 e. The lowest BCUT2D eigenvalue weighted by atomic mass is 10.2. The van der Waals surface area contributed by atoms with E-state index < -0.39 is 34.3 Å². The van der Waals surface area contributed by atoms with E-state index in [4.69, 9.17) is 11.6 Å². The Bertz CT molecular complexity index is 569. The van der Waals surface area contributed by atoms with Gasteiger partial charge in [-0.15, -0.1) is 0 Å². The van der Waals surface area contributed by atoms with Crippen molar-refractivity contribution < 1.29 is 22.4 Å². The van der Waals surface area contributed by atoms with Gasteiger partial charge in [0.05, 0.1) is 16.3 Å². The molecule has 0 atom stereocenters. The van der Waals surface area contributed by atoms with Gasteiger partial charge in [-0.25, -0.2) is 9.18 Å². The number of hydrogen-bond donors (Lipinski definition) is 2. The third-order valence-corrected chi connectivity index (χ3v) is 2.45. The standard InChI is InChI=1S/C12H9ClF4N2O/c1-6(14)7(2)18-11(20)19-8-3-4-10(13)9(5-8)12(15,16)17/h3-5H,1-2H2,(H2,18,19,20). The number of benzene rings is 1. The summed E-state index contributed by atoms with van der Waals surface area (Å²) in [5.74, 6) is -0.966. The van der Waals surface area contributed by atoms with Crippen molar-refractivity contribution in [1.29, 1.82) is 0 Å². The van der Waals surface area contributed by atoms with Crippen LogP contribution in [0.3, 0.4) is 0 Å². The summed E-state index contributed by atoms with van der Waals surface area (Å²) in [6.07, 6.45) is -4.65. The van der Waals surface area contributed by atoms with E-state index in [0.717, 1.165) is 6.07 Å². The maximum Gasteiger partial charge on any atom is 0.417 e. The quantitative estimate of drug-likeness (QED) is 0.627. The fraction of sp³-hybridized carbons (Fsp3) is 0.0833. The predicted octanol–water partition coefficient (Wildman–Crippen LogP) is 4.48. The first kappa shape index (κ1) is 16.0. The average Bonchev–Trinajstić information content (AvgIpc) is 2.29. The average molecular weight is 309 g/mol. The summed E-state index contributed by atoms with van der Waals surface area (Å²) in [6, 6.07) is 1.87. The molecule has 0 saturated carbocycles. The molecule has 0 spiro atoms. The first-order valence-corrected chi connectivity index (χ1v) is 5.47. The molecule has 8 heteroatoms. The third-order valence-electron chi connectivity index (χ3n) is 2.12. The predicted molar refractivity (Wildman–Crippen MR) is 68.0 cm³/mol. The minimum Gasteiger partial charge on any atom is -0.308 e. The third kappa shape index (κ3) is 4.27. The van der Waals surface area contributed by atoms with Crippen molar-refractivity contribution in [2.24, 2.45) is 0 Å². The van der Waals surface area contributed by atoms with Gasteiger partial charge in [0.1, 0.15) is 5.83 Å². The number of halogens is 5. The molecule has 0 aliphatic heterocycles. The van der Waals surface area contributed by atoms with E-state index in [9.17, 15) is 22.4 Å². The van der Waals surface area contributed by atoms with Crippen molar-refractivity contribution in [3.05, 3.63) is 53.5 Å². The molecule has 1 aromatic carbocycles. The van der Waals surface area contributed by atoms with E-state index in [2.05, 4.69) is 18.5 Å². The minimum atomic E-state index is -4.65. The van der Waals surface area contributed by atoms with Crippen LogP contribution in [0, 0.1) is 0 Å². The molecule has 0 unspecified atom stereocenters. The van der Waals surface area contributed by atoms with Crippen molar-refractivity contribution >= 4 is 23.3 Å². The lowest BCUT2D eigenvalue weighted by molar-refractivity contribution is -0.137. The number of carbonyl (C=O) groups is 1. The van der Waals surface area contributed by atoms with E-state index >= 15 is 0 Å². The maximum absolute atomic E-state index is 12.6. The molecule has 3 nitrogen and oxygen atoms in total. The van der Waals surface area contributed by atoms with Crippen LogP contribution in [0.4, 0.5) is 28.0 Å². The second-order valence-corrected chi connectivity index (χ2v) is 4.06. The highest BCUT2D eigenvalue weighted by molar-refractivity contribution is 6.31. The first-order valence-electron chi connectivity index (χ1n) is 5.09. The van der Waals surface area contributed by atoms with Gasteiger partial charge >= 0.3 is 12.2 Å². The molecule has 0 aliphatic rings. The Balaban J connectivity index is 2.87. The van der Waals surface area contributed by atoms with Gasteiger partial charge in [0.2, 0.25) is 0 Å². The zero-order valence-corrected chi connectivity index (χ0v) is 10.7. The summed E-state index contributed by atoms with van der Waals surface area (Å²) < 4.78 is 50.3. The van der Waals surface area contributed by atoms with Crippen molar-refractivity contribution in [3.8, 4) is 0 Å². The van der Waals surface area contributed by atoms with Crippen molar-refractivity contribution in [2.75, 3.05) is 5.32 Å². The van der Waals surface area contributed by atoms with E-state index in [-0.39, 0.29) is 5.69 Å². The molecule has 0 radical (unpaired) electrons. The van der Waals surface area contributed by atoms with Gasteiger partial charge in [-0.2, -0.15) is 13.2 Å². The topological polar surface area (TPSA) is 41.1 Å². The van der Waals surface area contributed by atoms with Crippen molar-refractivity contribution in [3.63, 3.8) is 0 Å². The molecular formula is C12H9ClF4N2O. The Morgan fingerprint density at radius 2 is 1.85 bits per heavy atom. The fourth-order valence-corrected chi connectivity index (χ4v) is 1.41. The van der Waals surface area contributed by atoms with Gasteiger partial charge in [-0.3, -0.25) is 0 Å². The second-order valence-electron chi connectivity index (χ2n) is 3.65. The van der Waals surface area contributed by atoms with E-state index in [1.165, 1.54) is 6.07 Å². The van der Waals surface area contributed by atoms with Gasteiger partial charge in [0.25, 0.3) is 0 Å². The summed E-state index contributed by atoms with van der Waals surface area (Å²) in [5.41, 5.74) is -1.64. The number of rotatable bonds is 3. The highest BCUT2D eigenvalue weighted by Gasteiger charge is 2.33. The molecule has 2 amide bonds. The Hall–Kier alpha value is -2.02. The molecule has 108 valence electrons. The van der Waals surface area contributed by atoms with Gasteiger partial charge in [-0.05, 0) is 18.2 Å². The number of alkyl halides is 3. The number of amides is 2. The van der Waals surface area contributed by atoms with Crippen LogP contribution in [-0.2, 0) is 6.18 Å².